The lowest BCUT2D eigenvalue weighted by atomic mass is 9.92. The van der Waals surface area contributed by atoms with E-state index in [2.05, 4.69) is 5.32 Å². The van der Waals surface area contributed by atoms with Crippen molar-refractivity contribution < 1.29 is 37.1 Å². The number of carbonyl (C=O) groups is 4. The molecule has 2 aromatic carbocycles. The number of nitrogens with one attached hydrogen (secondary N) is 1. The van der Waals surface area contributed by atoms with Crippen molar-refractivity contribution in [3.8, 4) is 5.75 Å². The van der Waals surface area contributed by atoms with E-state index in [-0.39, 0.29) is 54.9 Å². The quantitative estimate of drug-likeness (QED) is 0.546. The van der Waals surface area contributed by atoms with E-state index in [9.17, 15) is 32.3 Å². The largest absolute Gasteiger partial charge is 0.415 e. The topological polar surface area (TPSA) is 99.3 Å². The number of ether oxygens (including phenoxy) is 1. The van der Waals surface area contributed by atoms with Gasteiger partial charge in [-0.25, -0.2) is 18.0 Å². The molecule has 4 amide bonds. The highest BCUT2D eigenvalue weighted by Gasteiger charge is 2.44. The van der Waals surface area contributed by atoms with Gasteiger partial charge in [-0.15, -0.1) is 0 Å². The van der Waals surface area contributed by atoms with Crippen LogP contribution in [0.2, 0.25) is 0 Å². The minimum absolute atomic E-state index is 0.0104. The van der Waals surface area contributed by atoms with E-state index in [0.29, 0.717) is 50.9 Å². The SMILES string of the molecule is CCN(C(=O)Oc1ccc(F)cc1)C1CN(C(=O)C2CCN(C(=O)C3CCC(=O)NC3)CC2)CC1c1ccc(F)c(F)c1. The fraction of sp³-hybridized carbons (Fsp3) is 0.484. The normalized spacial score (nSPS) is 22.7. The lowest BCUT2D eigenvalue weighted by Gasteiger charge is -2.36. The molecule has 3 fully saturated rings. The first-order valence-corrected chi connectivity index (χ1v) is 14.7. The van der Waals surface area contributed by atoms with Gasteiger partial charge in [0, 0.05) is 57.5 Å². The van der Waals surface area contributed by atoms with Crippen LogP contribution in [0.1, 0.15) is 44.1 Å². The van der Waals surface area contributed by atoms with E-state index in [4.69, 9.17) is 4.74 Å². The molecule has 0 aliphatic carbocycles. The zero-order valence-corrected chi connectivity index (χ0v) is 23.9. The van der Waals surface area contributed by atoms with Gasteiger partial charge in [0.25, 0.3) is 0 Å². The molecule has 3 aliphatic rings. The molecule has 5 rings (SSSR count). The number of halogens is 3. The Bertz CT molecular complexity index is 1360. The maximum atomic E-state index is 14.3. The molecule has 230 valence electrons. The van der Waals surface area contributed by atoms with E-state index >= 15 is 0 Å². The van der Waals surface area contributed by atoms with Crippen molar-refractivity contribution >= 4 is 23.8 Å². The number of nitrogens with zero attached hydrogens (tertiary/aromatic N) is 3. The Kier molecular flexibility index (Phi) is 9.22. The van der Waals surface area contributed by atoms with E-state index in [1.165, 1.54) is 35.2 Å². The highest BCUT2D eigenvalue weighted by atomic mass is 19.2. The third-order valence-corrected chi connectivity index (χ3v) is 8.74. The summed E-state index contributed by atoms with van der Waals surface area (Å²) in [6.45, 7) is 3.50. The number of hydrogen-bond donors (Lipinski definition) is 1. The number of likely N-dealkylation sites (N-methyl/N-ethyl adjacent to an activating group) is 1. The van der Waals surface area contributed by atoms with Crippen LogP contribution in [-0.4, -0.2) is 83.8 Å². The average Bonchev–Trinajstić information content (AvgIpc) is 3.45. The van der Waals surface area contributed by atoms with Crippen molar-refractivity contribution in [2.75, 3.05) is 39.3 Å². The van der Waals surface area contributed by atoms with E-state index in [0.717, 1.165) is 12.1 Å². The third-order valence-electron chi connectivity index (χ3n) is 8.74. The summed E-state index contributed by atoms with van der Waals surface area (Å²) >= 11 is 0. The van der Waals surface area contributed by atoms with E-state index in [1.54, 1.807) is 16.7 Å². The molecule has 0 aromatic heterocycles. The summed E-state index contributed by atoms with van der Waals surface area (Å²) in [5, 5.41) is 2.74. The molecule has 43 heavy (non-hydrogen) atoms. The van der Waals surface area contributed by atoms with Crippen LogP contribution in [0.5, 0.6) is 5.75 Å². The maximum absolute atomic E-state index is 14.3. The molecule has 3 heterocycles. The van der Waals surface area contributed by atoms with Crippen LogP contribution in [0.25, 0.3) is 0 Å². The highest BCUT2D eigenvalue weighted by Crippen LogP contribution is 2.35. The first-order chi connectivity index (χ1) is 20.6. The molecule has 2 aromatic rings. The van der Waals surface area contributed by atoms with Gasteiger partial charge in [-0.2, -0.15) is 0 Å². The molecule has 3 unspecified atom stereocenters. The monoisotopic (exact) mass is 600 g/mol. The lowest BCUT2D eigenvalue weighted by Crippen LogP contribution is -2.49. The number of benzene rings is 2. The van der Waals surface area contributed by atoms with Crippen LogP contribution in [0.4, 0.5) is 18.0 Å². The second-order valence-corrected chi connectivity index (χ2v) is 11.3. The second kappa shape index (κ2) is 13.0. The van der Waals surface area contributed by atoms with Gasteiger partial charge < -0.3 is 24.8 Å². The second-order valence-electron chi connectivity index (χ2n) is 11.3. The van der Waals surface area contributed by atoms with Gasteiger partial charge in [-0.3, -0.25) is 14.4 Å². The Balaban J connectivity index is 1.28. The van der Waals surface area contributed by atoms with Crippen LogP contribution in [0.3, 0.4) is 0 Å². The minimum Gasteiger partial charge on any atom is -0.410 e. The number of carbonyl (C=O) groups excluding carboxylic acids is 4. The lowest BCUT2D eigenvalue weighted by molar-refractivity contribution is -0.143. The summed E-state index contributed by atoms with van der Waals surface area (Å²) in [7, 11) is 0. The predicted molar refractivity (Wildman–Crippen MR) is 149 cm³/mol. The van der Waals surface area contributed by atoms with Gasteiger partial charge in [0.15, 0.2) is 11.6 Å². The van der Waals surface area contributed by atoms with E-state index < -0.39 is 35.5 Å². The molecule has 0 radical (unpaired) electrons. The maximum Gasteiger partial charge on any atom is 0.415 e. The Hall–Kier alpha value is -4.09. The summed E-state index contributed by atoms with van der Waals surface area (Å²) in [6.07, 6.45) is 1.09. The molecular formula is C31H35F3N4O5. The first kappa shape index (κ1) is 30.4. The van der Waals surface area contributed by atoms with Crippen molar-refractivity contribution in [1.29, 1.82) is 0 Å². The number of likely N-dealkylation sites (tertiary alicyclic amines) is 2. The molecule has 3 aliphatic heterocycles. The molecule has 12 heteroatoms. The minimum atomic E-state index is -1.02. The van der Waals surface area contributed by atoms with Crippen LogP contribution < -0.4 is 10.1 Å². The standard InChI is InChI=1S/C31H35F3N4O5/c1-2-38(31(42)43-23-7-5-22(32)6-8-23)27-18-37(17-24(27)20-3-9-25(33)26(34)15-20)29(40)19-11-13-36(14-12-19)30(41)21-4-10-28(39)35-16-21/h3,5-9,15,19,21,24,27H,2,4,10-14,16-18H2,1H3,(H,35,39). The smallest absolute Gasteiger partial charge is 0.410 e. The van der Waals surface area contributed by atoms with Crippen LogP contribution in [0, 0.1) is 29.3 Å². The van der Waals surface area contributed by atoms with Gasteiger partial charge in [-0.1, -0.05) is 6.07 Å². The molecule has 1 N–H and O–H groups in total. The fourth-order valence-electron chi connectivity index (χ4n) is 6.32. The Labute approximate surface area is 247 Å². The molecule has 9 nitrogen and oxygen atoms in total. The van der Waals surface area contributed by atoms with Gasteiger partial charge >= 0.3 is 6.09 Å². The van der Waals surface area contributed by atoms with Crippen LogP contribution in [-0.2, 0) is 14.4 Å². The van der Waals surface area contributed by atoms with Gasteiger partial charge in [0.2, 0.25) is 17.7 Å². The Morgan fingerprint density at radius 3 is 2.23 bits per heavy atom. The fourth-order valence-corrected chi connectivity index (χ4v) is 6.32. The van der Waals surface area contributed by atoms with Crippen molar-refractivity contribution in [1.82, 2.24) is 20.0 Å². The molecule has 0 spiro atoms. The van der Waals surface area contributed by atoms with Crippen molar-refractivity contribution in [2.24, 2.45) is 11.8 Å². The van der Waals surface area contributed by atoms with Gasteiger partial charge in [0.1, 0.15) is 11.6 Å². The van der Waals surface area contributed by atoms with Crippen molar-refractivity contribution in [3.63, 3.8) is 0 Å². The number of amides is 4. The third kappa shape index (κ3) is 6.78. The number of hydrogen-bond acceptors (Lipinski definition) is 5. The summed E-state index contributed by atoms with van der Waals surface area (Å²) in [4.78, 5) is 56.3. The Morgan fingerprint density at radius 2 is 1.60 bits per heavy atom. The number of piperidine rings is 2. The highest BCUT2D eigenvalue weighted by molar-refractivity contribution is 5.84. The zero-order chi connectivity index (χ0) is 30.7. The van der Waals surface area contributed by atoms with Crippen molar-refractivity contribution in [3.05, 3.63) is 65.5 Å². The molecule has 3 saturated heterocycles. The summed E-state index contributed by atoms with van der Waals surface area (Å²) in [5.74, 6) is -3.62. The average molecular weight is 601 g/mol. The van der Waals surface area contributed by atoms with E-state index in [1.807, 2.05) is 0 Å². The van der Waals surface area contributed by atoms with Gasteiger partial charge in [0.05, 0.1) is 12.0 Å². The van der Waals surface area contributed by atoms with Crippen LogP contribution in [0.15, 0.2) is 42.5 Å². The first-order valence-electron chi connectivity index (χ1n) is 14.7. The molecular weight excluding hydrogens is 565 g/mol. The van der Waals surface area contributed by atoms with Crippen molar-refractivity contribution in [2.45, 2.75) is 44.6 Å². The van der Waals surface area contributed by atoms with Crippen LogP contribution >= 0.6 is 0 Å². The number of rotatable bonds is 6. The van der Waals surface area contributed by atoms with Gasteiger partial charge in [-0.05, 0) is 68.1 Å². The molecule has 0 bridgehead atoms. The summed E-state index contributed by atoms with van der Waals surface area (Å²) in [6, 6.07) is 8.01. The predicted octanol–water partition coefficient (Wildman–Crippen LogP) is 3.68. The zero-order valence-electron chi connectivity index (χ0n) is 23.9. The Morgan fingerprint density at radius 1 is 0.907 bits per heavy atom. The summed E-state index contributed by atoms with van der Waals surface area (Å²) in [5.41, 5.74) is 0.451. The molecule has 3 atom stereocenters. The summed E-state index contributed by atoms with van der Waals surface area (Å²) < 4.78 is 46.9. The molecule has 0 saturated carbocycles.